The molecule has 0 bridgehead atoms. The van der Waals surface area contributed by atoms with Crippen LogP contribution >= 0.6 is 0 Å². The van der Waals surface area contributed by atoms with Crippen LogP contribution in [0.3, 0.4) is 0 Å². The lowest BCUT2D eigenvalue weighted by atomic mass is 9.96. The van der Waals surface area contributed by atoms with Gasteiger partial charge in [0.1, 0.15) is 5.82 Å². The van der Waals surface area contributed by atoms with Crippen molar-refractivity contribution in [2.45, 2.75) is 13.1 Å². The summed E-state index contributed by atoms with van der Waals surface area (Å²) in [6.45, 7) is 1.61. The number of H-pyrrole nitrogens is 1. The van der Waals surface area contributed by atoms with Gasteiger partial charge in [-0.2, -0.15) is 18.3 Å². The highest BCUT2D eigenvalue weighted by atomic mass is 19.4. The Bertz CT molecular complexity index is 543. The Labute approximate surface area is 95.5 Å². The molecule has 0 radical (unpaired) electrons. The van der Waals surface area contributed by atoms with E-state index in [1.54, 1.807) is 13.0 Å². The first-order valence-corrected chi connectivity index (χ1v) is 4.87. The van der Waals surface area contributed by atoms with Crippen LogP contribution in [-0.2, 0) is 6.18 Å². The molecule has 0 aliphatic carbocycles. The third-order valence-electron chi connectivity index (χ3n) is 2.52. The first kappa shape index (κ1) is 11.5. The minimum Gasteiger partial charge on any atom is -0.384 e. The smallest absolute Gasteiger partial charge is 0.384 e. The zero-order valence-corrected chi connectivity index (χ0v) is 8.97. The third-order valence-corrected chi connectivity index (χ3v) is 2.52. The number of aromatic nitrogens is 2. The molecule has 3 nitrogen and oxygen atoms in total. The molecule has 1 aromatic carbocycles. The lowest BCUT2D eigenvalue weighted by Gasteiger charge is -2.14. The maximum Gasteiger partial charge on any atom is 0.417 e. The van der Waals surface area contributed by atoms with Crippen molar-refractivity contribution < 1.29 is 13.2 Å². The number of nitrogens with one attached hydrogen (secondary N) is 1. The number of hydrogen-bond acceptors (Lipinski definition) is 2. The molecular weight excluding hydrogens is 231 g/mol. The van der Waals surface area contributed by atoms with E-state index >= 15 is 0 Å². The summed E-state index contributed by atoms with van der Waals surface area (Å²) in [7, 11) is 0. The van der Waals surface area contributed by atoms with Crippen LogP contribution in [-0.4, -0.2) is 10.2 Å². The van der Waals surface area contributed by atoms with Crippen molar-refractivity contribution in [3.05, 3.63) is 35.5 Å². The fourth-order valence-electron chi connectivity index (χ4n) is 1.76. The van der Waals surface area contributed by atoms with Gasteiger partial charge in [-0.25, -0.2) is 0 Å². The van der Waals surface area contributed by atoms with E-state index in [2.05, 4.69) is 10.2 Å². The molecule has 0 saturated carbocycles. The van der Waals surface area contributed by atoms with Gasteiger partial charge in [-0.05, 0) is 18.6 Å². The number of halogens is 3. The number of nitrogens with zero attached hydrogens (tertiary/aromatic N) is 1. The Morgan fingerprint density at radius 3 is 2.53 bits per heavy atom. The molecule has 0 saturated heterocycles. The number of aryl methyl sites for hydroxylation is 1. The molecule has 0 atom stereocenters. The molecule has 90 valence electrons. The summed E-state index contributed by atoms with van der Waals surface area (Å²) in [5.41, 5.74) is 5.72. The zero-order chi connectivity index (χ0) is 12.6. The molecular formula is C11H10F3N3. The maximum atomic E-state index is 12.9. The molecule has 3 N–H and O–H groups in total. The van der Waals surface area contributed by atoms with Crippen LogP contribution in [0.5, 0.6) is 0 Å². The third kappa shape index (κ3) is 1.98. The van der Waals surface area contributed by atoms with Crippen molar-refractivity contribution in [3.8, 4) is 11.1 Å². The molecule has 2 rings (SSSR count). The van der Waals surface area contributed by atoms with E-state index < -0.39 is 11.7 Å². The Hall–Kier alpha value is -1.98. The molecule has 6 heteroatoms. The molecule has 0 unspecified atom stereocenters. The van der Waals surface area contributed by atoms with E-state index in [-0.39, 0.29) is 16.9 Å². The molecule has 0 spiro atoms. The zero-order valence-electron chi connectivity index (χ0n) is 8.97. The summed E-state index contributed by atoms with van der Waals surface area (Å²) in [6.07, 6.45) is -3.11. The normalized spacial score (nSPS) is 11.8. The van der Waals surface area contributed by atoms with E-state index in [9.17, 15) is 13.2 Å². The van der Waals surface area contributed by atoms with Crippen LogP contribution in [0.2, 0.25) is 0 Å². The van der Waals surface area contributed by atoms with Gasteiger partial charge in [-0.15, -0.1) is 0 Å². The number of nitrogen functional groups attached to an aromatic ring is 1. The van der Waals surface area contributed by atoms with Crippen molar-refractivity contribution in [3.63, 3.8) is 0 Å². The van der Waals surface area contributed by atoms with Crippen LogP contribution in [0.4, 0.5) is 19.0 Å². The molecule has 0 amide bonds. The molecule has 17 heavy (non-hydrogen) atoms. The van der Waals surface area contributed by atoms with E-state index in [0.29, 0.717) is 5.56 Å². The summed E-state index contributed by atoms with van der Waals surface area (Å²) in [4.78, 5) is 0. The first-order chi connectivity index (χ1) is 7.91. The average Bonchev–Trinajstić information content (AvgIpc) is 2.62. The number of alkyl halides is 3. The van der Waals surface area contributed by atoms with E-state index in [1.807, 2.05) is 0 Å². The lowest BCUT2D eigenvalue weighted by Crippen LogP contribution is -2.08. The van der Waals surface area contributed by atoms with Gasteiger partial charge in [0.15, 0.2) is 0 Å². The standard InChI is InChI=1S/C11H10F3N3/c1-6-3-2-4-8(11(12,13)14)9(6)7-5-16-17-10(7)15/h2-5H,1H3,(H3,15,16,17). The summed E-state index contributed by atoms with van der Waals surface area (Å²) in [6, 6.07) is 4.02. The Balaban J connectivity index is 2.73. The van der Waals surface area contributed by atoms with Crippen LogP contribution in [0.25, 0.3) is 11.1 Å². The summed E-state index contributed by atoms with van der Waals surface area (Å²) in [5, 5.41) is 6.08. The molecule has 0 fully saturated rings. The Morgan fingerprint density at radius 2 is 2.00 bits per heavy atom. The second-order valence-corrected chi connectivity index (χ2v) is 3.69. The maximum absolute atomic E-state index is 12.9. The highest BCUT2D eigenvalue weighted by Crippen LogP contribution is 2.39. The molecule has 0 aliphatic rings. The van der Waals surface area contributed by atoms with E-state index in [1.165, 1.54) is 12.3 Å². The van der Waals surface area contributed by atoms with Gasteiger partial charge in [-0.3, -0.25) is 5.10 Å². The highest BCUT2D eigenvalue weighted by molar-refractivity contribution is 5.78. The number of hydrogen-bond donors (Lipinski definition) is 2. The minimum absolute atomic E-state index is 0.0752. The predicted molar refractivity (Wildman–Crippen MR) is 58.2 cm³/mol. The van der Waals surface area contributed by atoms with E-state index in [0.717, 1.165) is 6.07 Å². The van der Waals surface area contributed by atoms with E-state index in [4.69, 9.17) is 5.73 Å². The Morgan fingerprint density at radius 1 is 1.29 bits per heavy atom. The average molecular weight is 241 g/mol. The van der Waals surface area contributed by atoms with Crippen molar-refractivity contribution in [2.24, 2.45) is 0 Å². The second-order valence-electron chi connectivity index (χ2n) is 3.69. The predicted octanol–water partition coefficient (Wildman–Crippen LogP) is 2.99. The second kappa shape index (κ2) is 3.80. The molecule has 2 aromatic rings. The first-order valence-electron chi connectivity index (χ1n) is 4.87. The summed E-state index contributed by atoms with van der Waals surface area (Å²) < 4.78 is 38.6. The SMILES string of the molecule is Cc1cccc(C(F)(F)F)c1-c1cn[nH]c1N. The topological polar surface area (TPSA) is 54.7 Å². The van der Waals surface area contributed by atoms with Gasteiger partial charge in [-0.1, -0.05) is 12.1 Å². The summed E-state index contributed by atoms with van der Waals surface area (Å²) in [5.74, 6) is 0.129. The van der Waals surface area contributed by atoms with Crippen LogP contribution in [0.1, 0.15) is 11.1 Å². The fourth-order valence-corrected chi connectivity index (χ4v) is 1.76. The van der Waals surface area contributed by atoms with Crippen molar-refractivity contribution in [1.29, 1.82) is 0 Å². The van der Waals surface area contributed by atoms with Crippen molar-refractivity contribution in [2.75, 3.05) is 5.73 Å². The quantitative estimate of drug-likeness (QED) is 0.806. The fraction of sp³-hybridized carbons (Fsp3) is 0.182. The van der Waals surface area contributed by atoms with Crippen LogP contribution in [0, 0.1) is 6.92 Å². The lowest BCUT2D eigenvalue weighted by molar-refractivity contribution is -0.137. The number of nitrogens with two attached hydrogens (primary N) is 1. The number of benzene rings is 1. The van der Waals surface area contributed by atoms with Gasteiger partial charge in [0.2, 0.25) is 0 Å². The van der Waals surface area contributed by atoms with Crippen LogP contribution < -0.4 is 5.73 Å². The van der Waals surface area contributed by atoms with Gasteiger partial charge in [0.25, 0.3) is 0 Å². The monoisotopic (exact) mass is 241 g/mol. The highest BCUT2D eigenvalue weighted by Gasteiger charge is 2.34. The van der Waals surface area contributed by atoms with Gasteiger partial charge in [0, 0.05) is 11.1 Å². The van der Waals surface area contributed by atoms with Crippen LogP contribution in [0.15, 0.2) is 24.4 Å². The van der Waals surface area contributed by atoms with Crippen molar-refractivity contribution >= 4 is 5.82 Å². The molecule has 1 heterocycles. The number of aromatic amines is 1. The van der Waals surface area contributed by atoms with Gasteiger partial charge in [0.05, 0.1) is 11.8 Å². The number of rotatable bonds is 1. The van der Waals surface area contributed by atoms with Gasteiger partial charge >= 0.3 is 6.18 Å². The number of anilines is 1. The van der Waals surface area contributed by atoms with Gasteiger partial charge < -0.3 is 5.73 Å². The molecule has 0 aliphatic heterocycles. The largest absolute Gasteiger partial charge is 0.417 e. The summed E-state index contributed by atoms with van der Waals surface area (Å²) >= 11 is 0. The van der Waals surface area contributed by atoms with Crippen molar-refractivity contribution in [1.82, 2.24) is 10.2 Å². The minimum atomic E-state index is -4.41. The Kier molecular flexibility index (Phi) is 2.57. The molecule has 1 aromatic heterocycles.